The lowest BCUT2D eigenvalue weighted by atomic mass is 10.2. The summed E-state index contributed by atoms with van der Waals surface area (Å²) in [7, 11) is 2.19. The first-order chi connectivity index (χ1) is 6.86. The molecule has 0 aromatic carbocycles. The van der Waals surface area contributed by atoms with E-state index in [2.05, 4.69) is 16.9 Å². The van der Waals surface area contributed by atoms with Gasteiger partial charge in [0.05, 0.1) is 5.69 Å². The van der Waals surface area contributed by atoms with E-state index in [1.165, 1.54) is 30.1 Å². The van der Waals surface area contributed by atoms with E-state index in [9.17, 15) is 0 Å². The van der Waals surface area contributed by atoms with Crippen LogP contribution < -0.4 is 5.32 Å². The molecule has 14 heavy (non-hydrogen) atoms. The first-order valence-corrected chi connectivity index (χ1v) is 5.61. The Hall–Kier alpha value is -0.830. The molecule has 2 heterocycles. The number of aromatic nitrogens is 2. The first-order valence-electron chi connectivity index (χ1n) is 5.61. The van der Waals surface area contributed by atoms with E-state index in [4.69, 9.17) is 4.98 Å². The maximum atomic E-state index is 4.80. The number of fused-ring (bicyclic) bond motifs is 1. The Bertz CT molecular complexity index is 350. The summed E-state index contributed by atoms with van der Waals surface area (Å²) in [6.07, 6.45) is 4.95. The molecule has 1 saturated carbocycles. The minimum atomic E-state index is 0.778. The van der Waals surface area contributed by atoms with Gasteiger partial charge in [-0.2, -0.15) is 0 Å². The monoisotopic (exact) mass is 191 g/mol. The van der Waals surface area contributed by atoms with Gasteiger partial charge in [-0.15, -0.1) is 0 Å². The van der Waals surface area contributed by atoms with Crippen LogP contribution in [0.25, 0.3) is 0 Å². The molecule has 1 aliphatic carbocycles. The first kappa shape index (κ1) is 8.48. The predicted molar refractivity (Wildman–Crippen MR) is 55.5 cm³/mol. The SMILES string of the molecule is Cn1c(C2CC2)nc2c1CCNCC2. The topological polar surface area (TPSA) is 29.9 Å². The number of hydrogen-bond donors (Lipinski definition) is 1. The van der Waals surface area contributed by atoms with Gasteiger partial charge in [-0.05, 0) is 12.8 Å². The molecule has 2 aliphatic rings. The van der Waals surface area contributed by atoms with Crippen LogP contribution in [0.1, 0.15) is 36.0 Å². The van der Waals surface area contributed by atoms with Gasteiger partial charge in [0.25, 0.3) is 0 Å². The molecule has 1 aliphatic heterocycles. The lowest BCUT2D eigenvalue weighted by molar-refractivity contribution is 0.678. The highest BCUT2D eigenvalue weighted by atomic mass is 15.1. The zero-order chi connectivity index (χ0) is 9.54. The van der Waals surface area contributed by atoms with Crippen molar-refractivity contribution in [3.05, 3.63) is 17.2 Å². The average molecular weight is 191 g/mol. The van der Waals surface area contributed by atoms with Gasteiger partial charge >= 0.3 is 0 Å². The highest BCUT2D eigenvalue weighted by Crippen LogP contribution is 2.39. The van der Waals surface area contributed by atoms with Gasteiger partial charge < -0.3 is 9.88 Å². The molecule has 1 aromatic heterocycles. The fraction of sp³-hybridized carbons (Fsp3) is 0.727. The van der Waals surface area contributed by atoms with Gasteiger partial charge in [0.15, 0.2) is 0 Å². The molecule has 3 heteroatoms. The summed E-state index contributed by atoms with van der Waals surface area (Å²) in [5.74, 6) is 2.12. The number of nitrogens with one attached hydrogen (secondary N) is 1. The lowest BCUT2D eigenvalue weighted by Gasteiger charge is -2.04. The molecule has 3 rings (SSSR count). The minimum absolute atomic E-state index is 0.778. The van der Waals surface area contributed by atoms with E-state index in [-0.39, 0.29) is 0 Å². The van der Waals surface area contributed by atoms with E-state index < -0.39 is 0 Å². The van der Waals surface area contributed by atoms with Crippen LogP contribution >= 0.6 is 0 Å². The fourth-order valence-corrected chi connectivity index (χ4v) is 2.37. The Morgan fingerprint density at radius 1 is 1.29 bits per heavy atom. The largest absolute Gasteiger partial charge is 0.335 e. The van der Waals surface area contributed by atoms with Gasteiger partial charge in [0, 0.05) is 44.6 Å². The van der Waals surface area contributed by atoms with Gasteiger partial charge in [-0.1, -0.05) is 0 Å². The van der Waals surface area contributed by atoms with Crippen LogP contribution in [0.3, 0.4) is 0 Å². The van der Waals surface area contributed by atoms with Crippen molar-refractivity contribution in [1.82, 2.24) is 14.9 Å². The zero-order valence-corrected chi connectivity index (χ0v) is 8.71. The van der Waals surface area contributed by atoms with E-state index in [0.29, 0.717) is 0 Å². The van der Waals surface area contributed by atoms with Gasteiger partial charge in [0.1, 0.15) is 5.82 Å². The second-order valence-corrected chi connectivity index (χ2v) is 4.45. The second kappa shape index (κ2) is 3.09. The van der Waals surface area contributed by atoms with Crippen LogP contribution in [0.15, 0.2) is 0 Å². The Morgan fingerprint density at radius 3 is 2.86 bits per heavy atom. The standard InChI is InChI=1S/C11H17N3/c1-14-10-5-7-12-6-4-9(10)13-11(14)8-2-3-8/h8,12H,2-7H2,1H3. The molecule has 0 saturated heterocycles. The summed E-state index contributed by atoms with van der Waals surface area (Å²) in [6, 6.07) is 0. The highest BCUT2D eigenvalue weighted by molar-refractivity contribution is 5.23. The molecule has 0 bridgehead atoms. The Kier molecular flexibility index (Phi) is 1.87. The van der Waals surface area contributed by atoms with Crippen molar-refractivity contribution >= 4 is 0 Å². The summed E-state index contributed by atoms with van der Waals surface area (Å²) in [6.45, 7) is 2.20. The van der Waals surface area contributed by atoms with Crippen LogP contribution in [0, 0.1) is 0 Å². The molecule has 76 valence electrons. The third-order valence-electron chi connectivity index (χ3n) is 3.35. The van der Waals surface area contributed by atoms with Crippen LogP contribution in [-0.2, 0) is 19.9 Å². The van der Waals surface area contributed by atoms with Crippen LogP contribution in [0.4, 0.5) is 0 Å². The van der Waals surface area contributed by atoms with Crippen molar-refractivity contribution in [1.29, 1.82) is 0 Å². The van der Waals surface area contributed by atoms with Crippen LogP contribution in [0.2, 0.25) is 0 Å². The van der Waals surface area contributed by atoms with Crippen LogP contribution in [-0.4, -0.2) is 22.6 Å². The van der Waals surface area contributed by atoms with Gasteiger partial charge in [-0.25, -0.2) is 4.98 Å². The molecule has 1 N–H and O–H groups in total. The molecular weight excluding hydrogens is 174 g/mol. The molecule has 0 spiro atoms. The molecule has 3 nitrogen and oxygen atoms in total. The summed E-state index contributed by atoms with van der Waals surface area (Å²) >= 11 is 0. The summed E-state index contributed by atoms with van der Waals surface area (Å²) < 4.78 is 2.35. The molecule has 1 fully saturated rings. The summed E-state index contributed by atoms with van der Waals surface area (Å²) in [5, 5.41) is 3.42. The fourth-order valence-electron chi connectivity index (χ4n) is 2.37. The number of imidazole rings is 1. The zero-order valence-electron chi connectivity index (χ0n) is 8.71. The van der Waals surface area contributed by atoms with Gasteiger partial charge in [0.2, 0.25) is 0 Å². The molecule has 0 radical (unpaired) electrons. The highest BCUT2D eigenvalue weighted by Gasteiger charge is 2.30. The number of nitrogens with zero attached hydrogens (tertiary/aromatic N) is 2. The Labute approximate surface area is 84.5 Å². The smallest absolute Gasteiger partial charge is 0.112 e. The molecule has 1 aromatic rings. The maximum Gasteiger partial charge on any atom is 0.112 e. The van der Waals surface area contributed by atoms with Crippen molar-refractivity contribution < 1.29 is 0 Å². The van der Waals surface area contributed by atoms with Crippen molar-refractivity contribution in [3.63, 3.8) is 0 Å². The van der Waals surface area contributed by atoms with Crippen molar-refractivity contribution in [2.24, 2.45) is 7.05 Å². The maximum absolute atomic E-state index is 4.80. The van der Waals surface area contributed by atoms with Gasteiger partial charge in [-0.3, -0.25) is 0 Å². The van der Waals surface area contributed by atoms with Crippen LogP contribution in [0.5, 0.6) is 0 Å². The third-order valence-corrected chi connectivity index (χ3v) is 3.35. The summed E-state index contributed by atoms with van der Waals surface area (Å²) in [4.78, 5) is 4.80. The molecule has 0 unspecified atom stereocenters. The second-order valence-electron chi connectivity index (χ2n) is 4.45. The minimum Gasteiger partial charge on any atom is -0.335 e. The van der Waals surface area contributed by atoms with E-state index in [1.54, 1.807) is 0 Å². The van der Waals surface area contributed by atoms with Crippen molar-refractivity contribution in [2.45, 2.75) is 31.6 Å². The predicted octanol–water partition coefficient (Wildman–Crippen LogP) is 0.986. The summed E-state index contributed by atoms with van der Waals surface area (Å²) in [5.41, 5.74) is 2.82. The average Bonchev–Trinajstić information content (AvgIpc) is 2.99. The van der Waals surface area contributed by atoms with E-state index >= 15 is 0 Å². The number of rotatable bonds is 1. The van der Waals surface area contributed by atoms with E-state index in [1.807, 2.05) is 0 Å². The number of hydrogen-bond acceptors (Lipinski definition) is 2. The molecule has 0 atom stereocenters. The quantitative estimate of drug-likeness (QED) is 0.717. The molecular formula is C11H17N3. The third kappa shape index (κ3) is 1.27. The normalized spacial score (nSPS) is 21.8. The van der Waals surface area contributed by atoms with Crippen molar-refractivity contribution in [2.75, 3.05) is 13.1 Å². The molecule has 0 amide bonds. The lowest BCUT2D eigenvalue weighted by Crippen LogP contribution is -2.17. The van der Waals surface area contributed by atoms with E-state index in [0.717, 1.165) is 31.8 Å². The Morgan fingerprint density at radius 2 is 2.07 bits per heavy atom. The Balaban J connectivity index is 2.01. The van der Waals surface area contributed by atoms with Crippen molar-refractivity contribution in [3.8, 4) is 0 Å².